The summed E-state index contributed by atoms with van der Waals surface area (Å²) in [6, 6.07) is 27.3. The number of pyridine rings is 2. The first-order chi connectivity index (χ1) is 14.3. The van der Waals surface area contributed by atoms with Crippen LogP contribution < -0.4 is 5.73 Å². The zero-order valence-corrected chi connectivity index (χ0v) is 16.3. The van der Waals surface area contributed by atoms with Gasteiger partial charge in [0.05, 0.1) is 5.69 Å². The molecule has 0 spiro atoms. The number of rotatable bonds is 4. The number of nitrogens with zero attached hydrogens (tertiary/aromatic N) is 2. The summed E-state index contributed by atoms with van der Waals surface area (Å²) in [5.74, 6) is 0. The molecular formula is C25H25N3O. The Hall–Kier alpha value is -3.79. The largest absolute Gasteiger partial charge is 0.397 e. The van der Waals surface area contributed by atoms with Crippen molar-refractivity contribution >= 4 is 12.0 Å². The Bertz CT molecular complexity index is 876. The summed E-state index contributed by atoms with van der Waals surface area (Å²) in [5, 5.41) is 0. The van der Waals surface area contributed by atoms with E-state index in [-0.39, 0.29) is 0 Å². The summed E-state index contributed by atoms with van der Waals surface area (Å²) in [7, 11) is 0. The molecule has 0 aliphatic rings. The highest BCUT2D eigenvalue weighted by Crippen LogP contribution is 2.05. The van der Waals surface area contributed by atoms with E-state index in [4.69, 9.17) is 5.73 Å². The predicted molar refractivity (Wildman–Crippen MR) is 119 cm³/mol. The molecule has 0 atom stereocenters. The van der Waals surface area contributed by atoms with E-state index in [2.05, 4.69) is 40.3 Å². The van der Waals surface area contributed by atoms with Crippen LogP contribution in [0.2, 0.25) is 0 Å². The van der Waals surface area contributed by atoms with Crippen molar-refractivity contribution in [3.05, 3.63) is 126 Å². The van der Waals surface area contributed by atoms with Gasteiger partial charge in [-0.2, -0.15) is 0 Å². The minimum Gasteiger partial charge on any atom is -0.397 e. The Labute approximate surface area is 172 Å². The number of anilines is 1. The minimum atomic E-state index is 0.711. The van der Waals surface area contributed by atoms with Crippen LogP contribution in [0.1, 0.15) is 21.5 Å². The number of aldehydes is 1. The van der Waals surface area contributed by atoms with Crippen molar-refractivity contribution in [3.8, 4) is 0 Å². The Morgan fingerprint density at radius 3 is 1.66 bits per heavy atom. The van der Waals surface area contributed by atoms with Crippen LogP contribution in [-0.4, -0.2) is 16.3 Å². The molecule has 2 aromatic carbocycles. The van der Waals surface area contributed by atoms with Crippen LogP contribution in [0.3, 0.4) is 0 Å². The first-order valence-corrected chi connectivity index (χ1v) is 9.36. The second kappa shape index (κ2) is 13.4. The number of hydrogen-bond acceptors (Lipinski definition) is 4. The van der Waals surface area contributed by atoms with Crippen LogP contribution in [0.4, 0.5) is 5.69 Å². The smallest absolute Gasteiger partial charge is 0.150 e. The van der Waals surface area contributed by atoms with Crippen molar-refractivity contribution in [3.63, 3.8) is 0 Å². The normalized spacial score (nSPS) is 9.24. The molecular weight excluding hydrogens is 358 g/mol. The van der Waals surface area contributed by atoms with Crippen molar-refractivity contribution < 1.29 is 4.79 Å². The molecule has 2 N–H and O–H groups in total. The van der Waals surface area contributed by atoms with Gasteiger partial charge in [-0.1, -0.05) is 66.7 Å². The number of benzene rings is 2. The molecule has 146 valence electrons. The molecule has 0 amide bonds. The van der Waals surface area contributed by atoms with Crippen LogP contribution >= 0.6 is 0 Å². The molecule has 0 unspecified atom stereocenters. The number of aromatic nitrogens is 2. The highest BCUT2D eigenvalue weighted by atomic mass is 16.1. The molecule has 2 heterocycles. The first kappa shape index (κ1) is 21.5. The third kappa shape index (κ3) is 9.63. The lowest BCUT2D eigenvalue weighted by Crippen LogP contribution is -1.90. The number of carbonyl (C=O) groups excluding carboxylic acids is 1. The maximum absolute atomic E-state index is 10.0. The topological polar surface area (TPSA) is 68.9 Å². The molecule has 0 radical (unpaired) electrons. The average molecular weight is 383 g/mol. The summed E-state index contributed by atoms with van der Waals surface area (Å²) in [6.07, 6.45) is 10.0. The van der Waals surface area contributed by atoms with Crippen LogP contribution in [0.5, 0.6) is 0 Å². The number of nitrogens with two attached hydrogens (primary N) is 1. The molecule has 4 rings (SSSR count). The lowest BCUT2D eigenvalue weighted by Gasteiger charge is -2.00. The number of nitrogen functional groups attached to an aromatic ring is 1. The summed E-state index contributed by atoms with van der Waals surface area (Å²) in [4.78, 5) is 17.9. The fourth-order valence-electron chi connectivity index (χ4n) is 2.39. The van der Waals surface area contributed by atoms with E-state index in [0.717, 1.165) is 24.7 Å². The van der Waals surface area contributed by atoms with E-state index in [1.165, 1.54) is 11.1 Å². The summed E-state index contributed by atoms with van der Waals surface area (Å²) in [5.41, 5.74) is 9.42. The quantitative estimate of drug-likeness (QED) is 0.502. The molecule has 4 aromatic rings. The fourth-order valence-corrected chi connectivity index (χ4v) is 2.39. The fraction of sp³-hybridized carbons (Fsp3) is 0.0800. The zero-order valence-electron chi connectivity index (χ0n) is 16.3. The first-order valence-electron chi connectivity index (χ1n) is 9.36. The summed E-state index contributed by atoms with van der Waals surface area (Å²) >= 11 is 0. The molecule has 4 nitrogen and oxygen atoms in total. The van der Waals surface area contributed by atoms with Crippen molar-refractivity contribution in [2.24, 2.45) is 0 Å². The lowest BCUT2D eigenvalue weighted by atomic mass is 10.1. The second-order valence-corrected chi connectivity index (χ2v) is 6.16. The second-order valence-electron chi connectivity index (χ2n) is 6.16. The predicted octanol–water partition coefficient (Wildman–Crippen LogP) is 5.03. The van der Waals surface area contributed by atoms with Gasteiger partial charge in [0, 0.05) is 30.4 Å². The minimum absolute atomic E-state index is 0.711. The van der Waals surface area contributed by atoms with Crippen molar-refractivity contribution in [2.45, 2.75) is 12.8 Å². The Kier molecular flexibility index (Phi) is 9.93. The zero-order chi connectivity index (χ0) is 20.6. The van der Waals surface area contributed by atoms with Gasteiger partial charge in [-0.05, 0) is 42.2 Å². The highest BCUT2D eigenvalue weighted by molar-refractivity contribution is 5.74. The Morgan fingerprint density at radius 2 is 1.21 bits per heavy atom. The molecule has 0 bridgehead atoms. The monoisotopic (exact) mass is 383 g/mol. The van der Waals surface area contributed by atoms with Gasteiger partial charge in [0.15, 0.2) is 0 Å². The molecule has 2 aromatic heterocycles. The van der Waals surface area contributed by atoms with E-state index in [1.54, 1.807) is 36.7 Å². The van der Waals surface area contributed by atoms with Crippen LogP contribution in [0.15, 0.2) is 110 Å². The van der Waals surface area contributed by atoms with Gasteiger partial charge in [0.1, 0.15) is 6.29 Å². The van der Waals surface area contributed by atoms with Crippen LogP contribution in [0.25, 0.3) is 0 Å². The number of aryl methyl sites for hydroxylation is 2. The van der Waals surface area contributed by atoms with Crippen molar-refractivity contribution in [1.29, 1.82) is 0 Å². The highest BCUT2D eigenvalue weighted by Gasteiger charge is 1.93. The SMILES string of the molecule is Nc1cccnc1.O=Cc1ccccc1.c1ccc(CCc2cccnc2)cc1. The van der Waals surface area contributed by atoms with Gasteiger partial charge >= 0.3 is 0 Å². The third-order valence-corrected chi connectivity index (χ3v) is 3.89. The lowest BCUT2D eigenvalue weighted by molar-refractivity contribution is 0.112. The van der Waals surface area contributed by atoms with Crippen molar-refractivity contribution in [1.82, 2.24) is 9.97 Å². The van der Waals surface area contributed by atoms with Gasteiger partial charge in [-0.3, -0.25) is 14.8 Å². The Balaban J connectivity index is 0.000000170. The van der Waals surface area contributed by atoms with Gasteiger partial charge in [-0.15, -0.1) is 0 Å². The van der Waals surface area contributed by atoms with E-state index in [9.17, 15) is 4.79 Å². The summed E-state index contributed by atoms with van der Waals surface area (Å²) in [6.45, 7) is 0. The maximum Gasteiger partial charge on any atom is 0.150 e. The average Bonchev–Trinajstić information content (AvgIpc) is 2.81. The molecule has 0 aliphatic carbocycles. The van der Waals surface area contributed by atoms with E-state index in [0.29, 0.717) is 5.69 Å². The van der Waals surface area contributed by atoms with Gasteiger partial charge < -0.3 is 5.73 Å². The van der Waals surface area contributed by atoms with Gasteiger partial charge in [-0.25, -0.2) is 0 Å². The number of hydrogen-bond donors (Lipinski definition) is 1. The molecule has 0 saturated heterocycles. The maximum atomic E-state index is 10.0. The molecule has 4 heteroatoms. The Morgan fingerprint density at radius 1 is 0.655 bits per heavy atom. The van der Waals surface area contributed by atoms with Crippen LogP contribution in [-0.2, 0) is 12.8 Å². The van der Waals surface area contributed by atoms with E-state index >= 15 is 0 Å². The molecule has 0 aliphatic heterocycles. The van der Waals surface area contributed by atoms with Crippen molar-refractivity contribution in [2.75, 3.05) is 5.73 Å². The standard InChI is InChI=1S/C13H13N.C7H6O.C5H6N2/c1-2-5-12(6-3-1)8-9-13-7-4-10-14-11-13;8-6-7-4-2-1-3-5-7;6-5-2-1-3-7-4-5/h1-7,10-11H,8-9H2;1-6H;1-4H,6H2. The van der Waals surface area contributed by atoms with Crippen LogP contribution in [0, 0.1) is 0 Å². The third-order valence-electron chi connectivity index (χ3n) is 3.89. The molecule has 29 heavy (non-hydrogen) atoms. The van der Waals surface area contributed by atoms with E-state index < -0.39 is 0 Å². The van der Waals surface area contributed by atoms with Gasteiger partial charge in [0.2, 0.25) is 0 Å². The van der Waals surface area contributed by atoms with Gasteiger partial charge in [0.25, 0.3) is 0 Å². The molecule has 0 saturated carbocycles. The summed E-state index contributed by atoms with van der Waals surface area (Å²) < 4.78 is 0. The number of carbonyl (C=O) groups is 1. The van der Waals surface area contributed by atoms with E-state index in [1.807, 2.05) is 42.7 Å². The molecule has 0 fully saturated rings.